The van der Waals surface area contributed by atoms with Gasteiger partial charge in [0.15, 0.2) is 5.96 Å². The number of nitrogens with zero attached hydrogens (tertiary/aromatic N) is 1. The molecule has 7 heteroatoms. The maximum absolute atomic E-state index is 11.2. The fourth-order valence-electron chi connectivity index (χ4n) is 2.39. The van der Waals surface area contributed by atoms with Gasteiger partial charge in [0.1, 0.15) is 0 Å². The molecule has 0 bridgehead atoms. The number of methoxy groups -OCH3 is 1. The highest BCUT2D eigenvalue weighted by molar-refractivity contribution is 8.00. The van der Waals surface area contributed by atoms with Crippen LogP contribution in [0.15, 0.2) is 64.5 Å². The van der Waals surface area contributed by atoms with Crippen LogP contribution < -0.4 is 16.0 Å². The van der Waals surface area contributed by atoms with Gasteiger partial charge in [-0.15, -0.1) is 11.8 Å². The molecule has 28 heavy (non-hydrogen) atoms. The summed E-state index contributed by atoms with van der Waals surface area (Å²) in [5.41, 5.74) is 1.75. The molecular formula is C21H28N4O2S. The lowest BCUT2D eigenvalue weighted by molar-refractivity contribution is 0.187. The molecule has 1 unspecified atom stereocenters. The van der Waals surface area contributed by atoms with Crippen molar-refractivity contribution in [2.45, 2.75) is 30.5 Å². The first kappa shape index (κ1) is 21.6. The summed E-state index contributed by atoms with van der Waals surface area (Å²) in [7, 11) is 1.34. The van der Waals surface area contributed by atoms with E-state index in [1.807, 2.05) is 49.0 Å². The number of amides is 1. The Balaban J connectivity index is 1.86. The normalized spacial score (nSPS) is 12.2. The lowest BCUT2D eigenvalue weighted by Crippen LogP contribution is -2.40. The van der Waals surface area contributed by atoms with Gasteiger partial charge in [0.2, 0.25) is 0 Å². The molecule has 0 heterocycles. The van der Waals surface area contributed by atoms with Gasteiger partial charge in [0, 0.05) is 28.9 Å². The fourth-order valence-corrected chi connectivity index (χ4v) is 3.33. The van der Waals surface area contributed by atoms with Gasteiger partial charge in [-0.05, 0) is 36.8 Å². The number of aliphatic imine (C=N–C) groups is 1. The topological polar surface area (TPSA) is 74.8 Å². The minimum Gasteiger partial charge on any atom is -0.453 e. The van der Waals surface area contributed by atoms with Gasteiger partial charge in [-0.1, -0.05) is 37.3 Å². The molecule has 0 fully saturated rings. The number of carbonyl (C=O) groups excluding carboxylic acids is 1. The van der Waals surface area contributed by atoms with Crippen molar-refractivity contribution < 1.29 is 9.53 Å². The Morgan fingerprint density at radius 1 is 1.11 bits per heavy atom. The first-order valence-electron chi connectivity index (χ1n) is 9.28. The Bertz CT molecular complexity index is 751. The molecule has 1 amide bonds. The van der Waals surface area contributed by atoms with Crippen molar-refractivity contribution in [3.63, 3.8) is 0 Å². The third kappa shape index (κ3) is 7.92. The molecule has 0 aromatic heterocycles. The second-order valence-corrected chi connectivity index (χ2v) is 7.64. The van der Waals surface area contributed by atoms with Gasteiger partial charge >= 0.3 is 6.09 Å². The number of benzene rings is 2. The van der Waals surface area contributed by atoms with E-state index in [1.165, 1.54) is 12.0 Å². The zero-order valence-corrected chi connectivity index (χ0v) is 17.4. The van der Waals surface area contributed by atoms with E-state index in [1.54, 1.807) is 0 Å². The molecule has 2 aromatic rings. The van der Waals surface area contributed by atoms with Crippen molar-refractivity contribution in [3.8, 4) is 0 Å². The maximum Gasteiger partial charge on any atom is 0.411 e. The number of hydrogen-bond acceptors (Lipinski definition) is 4. The van der Waals surface area contributed by atoms with Crippen molar-refractivity contribution in [2.75, 3.05) is 25.5 Å². The first-order chi connectivity index (χ1) is 13.6. The monoisotopic (exact) mass is 400 g/mol. The number of nitrogens with one attached hydrogen (secondary N) is 3. The zero-order valence-electron chi connectivity index (χ0n) is 16.6. The lowest BCUT2D eigenvalue weighted by atomic mass is 10.2. The van der Waals surface area contributed by atoms with E-state index < -0.39 is 6.09 Å². The van der Waals surface area contributed by atoms with Crippen LogP contribution in [-0.4, -0.2) is 37.5 Å². The van der Waals surface area contributed by atoms with Crippen LogP contribution in [-0.2, 0) is 11.3 Å². The lowest BCUT2D eigenvalue weighted by Gasteiger charge is -2.15. The summed E-state index contributed by atoms with van der Waals surface area (Å²) in [6.07, 6.45) is -0.480. The number of ether oxygens (including phenoxy) is 1. The largest absolute Gasteiger partial charge is 0.453 e. The molecule has 150 valence electrons. The van der Waals surface area contributed by atoms with Crippen LogP contribution in [0.3, 0.4) is 0 Å². The maximum atomic E-state index is 11.2. The van der Waals surface area contributed by atoms with E-state index in [-0.39, 0.29) is 0 Å². The minimum absolute atomic E-state index is 0.412. The molecular weight excluding hydrogens is 372 g/mol. The summed E-state index contributed by atoms with van der Waals surface area (Å²) in [6.45, 7) is 6.41. The van der Waals surface area contributed by atoms with E-state index in [0.717, 1.165) is 24.6 Å². The quantitative estimate of drug-likeness (QED) is 0.353. The van der Waals surface area contributed by atoms with E-state index in [9.17, 15) is 4.79 Å². The smallest absolute Gasteiger partial charge is 0.411 e. The standard InChI is InChI=1S/C21H28N4O2S/c1-4-22-20(23-14-16(2)28-19-8-6-5-7-9-19)24-15-17-10-12-18(13-11-17)25-21(26)27-3/h5-13,16H,4,14-15H2,1-3H3,(H,25,26)(H2,22,23,24). The fraction of sp³-hybridized carbons (Fsp3) is 0.333. The number of hydrogen-bond donors (Lipinski definition) is 3. The molecule has 0 radical (unpaired) electrons. The first-order valence-corrected chi connectivity index (χ1v) is 10.2. The molecule has 1 atom stereocenters. The SMILES string of the molecule is CCNC(=NCc1ccc(NC(=O)OC)cc1)NCC(C)Sc1ccccc1. The van der Waals surface area contributed by atoms with Crippen LogP contribution >= 0.6 is 11.8 Å². The van der Waals surface area contributed by atoms with Crippen molar-refractivity contribution in [2.24, 2.45) is 4.99 Å². The van der Waals surface area contributed by atoms with Gasteiger partial charge in [0.25, 0.3) is 0 Å². The third-order valence-corrected chi connectivity index (χ3v) is 4.90. The van der Waals surface area contributed by atoms with E-state index >= 15 is 0 Å². The molecule has 0 saturated carbocycles. The molecule has 2 rings (SSSR count). The molecule has 3 N–H and O–H groups in total. The van der Waals surface area contributed by atoms with Crippen LogP contribution in [0.5, 0.6) is 0 Å². The van der Waals surface area contributed by atoms with Crippen LogP contribution in [0.25, 0.3) is 0 Å². The minimum atomic E-state index is -0.480. The average Bonchev–Trinajstić information content (AvgIpc) is 2.71. The van der Waals surface area contributed by atoms with Gasteiger partial charge in [-0.25, -0.2) is 9.79 Å². The molecule has 0 aliphatic heterocycles. The van der Waals surface area contributed by atoms with Crippen LogP contribution in [0.2, 0.25) is 0 Å². The molecule has 0 aliphatic rings. The van der Waals surface area contributed by atoms with Gasteiger partial charge in [-0.3, -0.25) is 5.32 Å². The van der Waals surface area contributed by atoms with Crippen LogP contribution in [0.1, 0.15) is 19.4 Å². The van der Waals surface area contributed by atoms with Gasteiger partial charge in [0.05, 0.1) is 13.7 Å². The number of anilines is 1. The Kier molecular flexibility index (Phi) is 9.21. The summed E-state index contributed by atoms with van der Waals surface area (Å²) >= 11 is 1.84. The van der Waals surface area contributed by atoms with Crippen LogP contribution in [0, 0.1) is 0 Å². The van der Waals surface area contributed by atoms with Crippen molar-refractivity contribution in [1.29, 1.82) is 0 Å². The Hall–Kier alpha value is -2.67. The summed E-state index contributed by atoms with van der Waals surface area (Å²) in [5, 5.41) is 9.72. The molecule has 6 nitrogen and oxygen atoms in total. The highest BCUT2D eigenvalue weighted by Crippen LogP contribution is 2.21. The molecule has 0 aliphatic carbocycles. The highest BCUT2D eigenvalue weighted by Gasteiger charge is 2.06. The average molecular weight is 401 g/mol. The van der Waals surface area contributed by atoms with Gasteiger partial charge < -0.3 is 15.4 Å². The second-order valence-electron chi connectivity index (χ2n) is 6.13. The highest BCUT2D eigenvalue weighted by atomic mass is 32.2. The number of thioether (sulfide) groups is 1. The second kappa shape index (κ2) is 11.9. The number of carbonyl (C=O) groups is 1. The summed E-state index contributed by atoms with van der Waals surface area (Å²) in [6, 6.07) is 17.9. The van der Waals surface area contributed by atoms with Crippen molar-refractivity contribution in [1.82, 2.24) is 10.6 Å². The van der Waals surface area contributed by atoms with E-state index in [4.69, 9.17) is 0 Å². The predicted molar refractivity (Wildman–Crippen MR) is 117 cm³/mol. The summed E-state index contributed by atoms with van der Waals surface area (Å²) in [5.74, 6) is 0.791. The summed E-state index contributed by atoms with van der Waals surface area (Å²) < 4.78 is 4.58. The Morgan fingerprint density at radius 3 is 2.46 bits per heavy atom. The van der Waals surface area contributed by atoms with Crippen LogP contribution in [0.4, 0.5) is 10.5 Å². The van der Waals surface area contributed by atoms with Crippen molar-refractivity contribution in [3.05, 3.63) is 60.2 Å². The van der Waals surface area contributed by atoms with E-state index in [2.05, 4.69) is 56.9 Å². The Labute approximate surface area is 171 Å². The Morgan fingerprint density at radius 2 is 1.82 bits per heavy atom. The number of rotatable bonds is 8. The molecule has 2 aromatic carbocycles. The predicted octanol–water partition coefficient (Wildman–Crippen LogP) is 4.10. The van der Waals surface area contributed by atoms with Crippen molar-refractivity contribution >= 4 is 29.5 Å². The van der Waals surface area contributed by atoms with Gasteiger partial charge in [-0.2, -0.15) is 0 Å². The summed E-state index contributed by atoms with van der Waals surface area (Å²) in [4.78, 5) is 17.1. The zero-order chi connectivity index (χ0) is 20.2. The molecule has 0 spiro atoms. The number of guanidine groups is 1. The third-order valence-electron chi connectivity index (χ3n) is 3.79. The molecule has 0 saturated heterocycles. The van der Waals surface area contributed by atoms with E-state index in [0.29, 0.717) is 17.5 Å².